The summed E-state index contributed by atoms with van der Waals surface area (Å²) in [6.07, 6.45) is 5.48. The fourth-order valence-electron chi connectivity index (χ4n) is 0.968. The first-order valence-electron chi connectivity index (χ1n) is 4.01. The van der Waals surface area contributed by atoms with E-state index in [-0.39, 0.29) is 15.9 Å². The average molecular weight is 228 g/mol. The van der Waals surface area contributed by atoms with Gasteiger partial charge in [-0.05, 0) is 24.8 Å². The lowest BCUT2D eigenvalue weighted by Crippen LogP contribution is -2.00. The van der Waals surface area contributed by atoms with E-state index in [0.29, 0.717) is 5.15 Å². The van der Waals surface area contributed by atoms with E-state index >= 15 is 0 Å². The van der Waals surface area contributed by atoms with Crippen molar-refractivity contribution >= 4 is 22.3 Å². The van der Waals surface area contributed by atoms with Crippen LogP contribution in [0.2, 0.25) is 5.15 Å². The van der Waals surface area contributed by atoms with Crippen LogP contribution in [0, 0.1) is 11.5 Å². The Kier molecular flexibility index (Phi) is 4.05. The topological polar surface area (TPSA) is 49.0 Å². The largest absolute Gasteiger partial charge is 0.244 e. The maximum absolute atomic E-state index is 8.43. The lowest BCUT2D eigenvalue weighted by molar-refractivity contribution is 1.06. The molecule has 5 heteroatoms. The molecule has 1 rings (SSSR count). The second-order valence-electron chi connectivity index (χ2n) is 2.77. The van der Waals surface area contributed by atoms with Gasteiger partial charge in [0, 0.05) is 11.4 Å². The molecule has 74 valence electrons. The predicted molar refractivity (Wildman–Crippen MR) is 59.0 cm³/mol. The Labute approximate surface area is 90.8 Å². The number of rotatable bonds is 2. The maximum Gasteiger partial charge on any atom is 0.212 e. The van der Waals surface area contributed by atoms with Crippen LogP contribution in [0.3, 0.4) is 0 Å². The van der Waals surface area contributed by atoms with E-state index in [1.54, 1.807) is 12.3 Å². The van der Waals surface area contributed by atoms with Crippen molar-refractivity contribution in [3.05, 3.63) is 29.0 Å². The molecule has 0 radical (unpaired) electrons. The van der Waals surface area contributed by atoms with Gasteiger partial charge in [-0.2, -0.15) is 9.62 Å². The molecule has 1 aromatic heterocycles. The summed E-state index contributed by atoms with van der Waals surface area (Å²) in [5, 5.41) is 9.12. The second-order valence-corrected chi connectivity index (χ2v) is 5.10. The molecule has 0 spiro atoms. The second kappa shape index (κ2) is 5.08. The van der Waals surface area contributed by atoms with Gasteiger partial charge in [-0.3, -0.25) is 0 Å². The van der Waals surface area contributed by atoms with Crippen LogP contribution in [-0.2, 0) is 10.7 Å². The summed E-state index contributed by atoms with van der Waals surface area (Å²) in [6.45, 7) is 2.02. The third-order valence-corrected chi connectivity index (χ3v) is 3.80. The van der Waals surface area contributed by atoms with Gasteiger partial charge in [0.1, 0.15) is 5.15 Å². The number of nitriles is 1. The van der Waals surface area contributed by atoms with Gasteiger partial charge >= 0.3 is 0 Å². The Morgan fingerprint density at radius 1 is 1.64 bits per heavy atom. The highest BCUT2D eigenvalue weighted by Crippen LogP contribution is 2.19. The molecule has 0 aliphatic carbocycles. The van der Waals surface area contributed by atoms with Crippen LogP contribution < -0.4 is 0 Å². The molecule has 2 atom stereocenters. The van der Waals surface area contributed by atoms with Crippen molar-refractivity contribution < 1.29 is 0 Å². The van der Waals surface area contributed by atoms with Crippen LogP contribution in [0.1, 0.15) is 17.7 Å². The third kappa shape index (κ3) is 2.79. The summed E-state index contributed by atoms with van der Waals surface area (Å²) in [5.74, 6) is 0. The Hall–Kier alpha value is -0.920. The first-order valence-corrected chi connectivity index (χ1v) is 6.04. The summed E-state index contributed by atoms with van der Waals surface area (Å²) in [7, 11) is -0.292. The van der Waals surface area contributed by atoms with Crippen LogP contribution in [0.4, 0.5) is 0 Å². The van der Waals surface area contributed by atoms with E-state index in [0.717, 1.165) is 5.56 Å². The Bertz CT molecular complexity index is 380. The van der Waals surface area contributed by atoms with Gasteiger partial charge in [0.15, 0.2) is 0 Å². The van der Waals surface area contributed by atoms with Crippen LogP contribution in [0.5, 0.6) is 0 Å². The van der Waals surface area contributed by atoms with Crippen molar-refractivity contribution in [2.45, 2.75) is 12.2 Å². The number of nitrogens with zero attached hydrogens (tertiary/aromatic N) is 3. The number of hydrogen-bond acceptors (Lipinski definition) is 3. The summed E-state index contributed by atoms with van der Waals surface area (Å²) in [6, 6.07) is 3.66. The van der Waals surface area contributed by atoms with Crippen LogP contribution in [0.15, 0.2) is 22.7 Å². The third-order valence-electron chi connectivity index (χ3n) is 1.92. The van der Waals surface area contributed by atoms with Gasteiger partial charge in [-0.25, -0.2) is 4.98 Å². The van der Waals surface area contributed by atoms with E-state index in [1.807, 2.05) is 25.4 Å². The van der Waals surface area contributed by atoms with Crippen molar-refractivity contribution in [1.29, 1.82) is 5.26 Å². The Morgan fingerprint density at radius 3 is 2.86 bits per heavy atom. The molecule has 1 heterocycles. The molecule has 0 fully saturated rings. The van der Waals surface area contributed by atoms with Crippen LogP contribution in [0.25, 0.3) is 0 Å². The first-order chi connectivity index (χ1) is 6.65. The summed E-state index contributed by atoms with van der Waals surface area (Å²) in [4.78, 5) is 3.99. The van der Waals surface area contributed by atoms with Gasteiger partial charge in [0.2, 0.25) is 6.19 Å². The van der Waals surface area contributed by atoms with E-state index in [2.05, 4.69) is 9.35 Å². The van der Waals surface area contributed by atoms with Crippen molar-refractivity contribution in [2.24, 2.45) is 4.36 Å². The number of aromatic nitrogens is 1. The highest BCUT2D eigenvalue weighted by Gasteiger charge is 2.07. The Balaban J connectivity index is 2.91. The standard InChI is InChI=1S/C9H10ClN3S/c1-7(14(2)13-6-11)8-3-4-9(10)12-5-8/h3-5,7H,1-2H3. The summed E-state index contributed by atoms with van der Waals surface area (Å²) in [5.41, 5.74) is 1.05. The maximum atomic E-state index is 8.43. The zero-order chi connectivity index (χ0) is 10.6. The minimum absolute atomic E-state index is 0.208. The van der Waals surface area contributed by atoms with Crippen molar-refractivity contribution in [3.63, 3.8) is 0 Å². The molecule has 0 N–H and O–H groups in total. The zero-order valence-corrected chi connectivity index (χ0v) is 9.51. The van der Waals surface area contributed by atoms with Gasteiger partial charge in [-0.15, -0.1) is 0 Å². The number of hydrogen-bond donors (Lipinski definition) is 0. The van der Waals surface area contributed by atoms with Crippen molar-refractivity contribution in [2.75, 3.05) is 6.26 Å². The van der Waals surface area contributed by atoms with E-state index in [1.165, 1.54) is 0 Å². The van der Waals surface area contributed by atoms with Gasteiger partial charge < -0.3 is 0 Å². The van der Waals surface area contributed by atoms with Crippen LogP contribution >= 0.6 is 11.6 Å². The number of halogens is 1. The van der Waals surface area contributed by atoms with Crippen molar-refractivity contribution in [3.8, 4) is 6.19 Å². The van der Waals surface area contributed by atoms with E-state index < -0.39 is 0 Å². The molecule has 3 nitrogen and oxygen atoms in total. The average Bonchev–Trinajstić information content (AvgIpc) is 2.18. The molecule has 1 aromatic rings. The normalized spacial score (nSPS) is 14.7. The molecule has 0 saturated carbocycles. The van der Waals surface area contributed by atoms with Gasteiger partial charge in [0.25, 0.3) is 0 Å². The summed E-state index contributed by atoms with van der Waals surface area (Å²) >= 11 is 5.67. The SMILES string of the molecule is CC(c1ccc(Cl)nc1)S(C)=NC#N. The highest BCUT2D eigenvalue weighted by molar-refractivity contribution is 7.86. The first kappa shape index (κ1) is 11.2. The highest BCUT2D eigenvalue weighted by atomic mass is 35.5. The minimum Gasteiger partial charge on any atom is -0.244 e. The molecule has 14 heavy (non-hydrogen) atoms. The molecule has 0 amide bonds. The molecule has 0 aliphatic rings. The molecule has 0 bridgehead atoms. The minimum atomic E-state index is -0.292. The number of pyridine rings is 1. The molecule has 0 saturated heterocycles. The molecule has 0 aliphatic heterocycles. The summed E-state index contributed by atoms with van der Waals surface area (Å²) < 4.78 is 3.80. The monoisotopic (exact) mass is 227 g/mol. The van der Waals surface area contributed by atoms with Crippen molar-refractivity contribution in [1.82, 2.24) is 4.98 Å². The molecular formula is C9H10ClN3S. The fraction of sp³-hybridized carbons (Fsp3) is 0.333. The Morgan fingerprint density at radius 2 is 2.36 bits per heavy atom. The van der Waals surface area contributed by atoms with Gasteiger partial charge in [0.05, 0.1) is 0 Å². The smallest absolute Gasteiger partial charge is 0.212 e. The molecular weight excluding hydrogens is 218 g/mol. The van der Waals surface area contributed by atoms with Gasteiger partial charge in [-0.1, -0.05) is 28.4 Å². The molecule has 2 unspecified atom stereocenters. The lowest BCUT2D eigenvalue weighted by Gasteiger charge is -2.10. The predicted octanol–water partition coefficient (Wildman–Crippen LogP) is 2.71. The van der Waals surface area contributed by atoms with E-state index in [4.69, 9.17) is 16.9 Å². The quantitative estimate of drug-likeness (QED) is 0.576. The van der Waals surface area contributed by atoms with E-state index in [9.17, 15) is 0 Å². The molecule has 0 aromatic carbocycles. The zero-order valence-electron chi connectivity index (χ0n) is 7.94. The van der Waals surface area contributed by atoms with Crippen LogP contribution in [-0.4, -0.2) is 11.2 Å². The lowest BCUT2D eigenvalue weighted by atomic mass is 10.2. The fourth-order valence-corrected chi connectivity index (χ4v) is 1.90.